The molecule has 4 nitrogen and oxygen atoms in total. The summed E-state index contributed by atoms with van der Waals surface area (Å²) in [6.07, 6.45) is 3.08. The number of hydrogen-bond donors (Lipinski definition) is 1. The smallest absolute Gasteiger partial charge is 0.220 e. The van der Waals surface area contributed by atoms with E-state index in [1.807, 2.05) is 30.3 Å². The van der Waals surface area contributed by atoms with Crippen LogP contribution in [-0.4, -0.2) is 23.2 Å². The maximum Gasteiger partial charge on any atom is 0.220 e. The molecule has 2 aromatic rings. The van der Waals surface area contributed by atoms with Gasteiger partial charge in [0.1, 0.15) is 0 Å². The lowest BCUT2D eigenvalue weighted by atomic mass is 9.94. The van der Waals surface area contributed by atoms with Crippen LogP contribution in [0.3, 0.4) is 0 Å². The Labute approximate surface area is 129 Å². The summed E-state index contributed by atoms with van der Waals surface area (Å²) in [6.45, 7) is 1.68. The highest BCUT2D eigenvalue weighted by molar-refractivity contribution is 6.30. The van der Waals surface area contributed by atoms with Crippen molar-refractivity contribution in [3.63, 3.8) is 0 Å². The van der Waals surface area contributed by atoms with Crippen molar-refractivity contribution >= 4 is 17.5 Å². The Bertz CT molecular complexity index is 627. The van der Waals surface area contributed by atoms with Gasteiger partial charge in [-0.1, -0.05) is 23.7 Å². The molecule has 21 heavy (non-hydrogen) atoms. The molecule has 2 N–H and O–H groups in total. The first-order valence-electron chi connectivity index (χ1n) is 7.18. The van der Waals surface area contributed by atoms with Crippen LogP contribution in [0.1, 0.15) is 18.5 Å². The second-order valence-corrected chi connectivity index (χ2v) is 5.81. The summed E-state index contributed by atoms with van der Waals surface area (Å²) in [5.41, 5.74) is 8.64. The summed E-state index contributed by atoms with van der Waals surface area (Å²) >= 11 is 6.04. The Hall–Kier alpha value is -1.65. The molecule has 110 valence electrons. The van der Waals surface area contributed by atoms with Crippen LogP contribution in [0.4, 0.5) is 5.95 Å². The monoisotopic (exact) mass is 303 g/mol. The number of aromatic nitrogens is 2. The van der Waals surface area contributed by atoms with Crippen LogP contribution in [0.5, 0.6) is 0 Å². The van der Waals surface area contributed by atoms with E-state index in [0.717, 1.165) is 49.4 Å². The fourth-order valence-electron chi connectivity index (χ4n) is 2.66. The van der Waals surface area contributed by atoms with E-state index in [2.05, 4.69) is 9.97 Å². The van der Waals surface area contributed by atoms with E-state index in [4.69, 9.17) is 22.1 Å². The molecular weight excluding hydrogens is 286 g/mol. The van der Waals surface area contributed by atoms with E-state index < -0.39 is 0 Å². The quantitative estimate of drug-likeness (QED) is 0.944. The molecule has 0 unspecified atom stereocenters. The minimum atomic E-state index is 0.314. The summed E-state index contributed by atoms with van der Waals surface area (Å²) in [5.74, 6) is 0.926. The van der Waals surface area contributed by atoms with Crippen LogP contribution in [-0.2, 0) is 11.2 Å². The predicted molar refractivity (Wildman–Crippen MR) is 84.1 cm³/mol. The van der Waals surface area contributed by atoms with Gasteiger partial charge >= 0.3 is 0 Å². The third-order valence-corrected chi connectivity index (χ3v) is 3.99. The second kappa shape index (κ2) is 6.41. The Morgan fingerprint density at radius 3 is 2.76 bits per heavy atom. The van der Waals surface area contributed by atoms with Gasteiger partial charge in [0, 0.05) is 29.5 Å². The highest BCUT2D eigenvalue weighted by Crippen LogP contribution is 2.24. The second-order valence-electron chi connectivity index (χ2n) is 5.37. The van der Waals surface area contributed by atoms with E-state index in [1.165, 1.54) is 0 Å². The predicted octanol–water partition coefficient (Wildman–Crippen LogP) is 3.35. The van der Waals surface area contributed by atoms with Gasteiger partial charge in [0.25, 0.3) is 0 Å². The Kier molecular flexibility index (Phi) is 4.36. The molecule has 0 radical (unpaired) electrons. The molecule has 2 heterocycles. The number of anilines is 1. The van der Waals surface area contributed by atoms with Crippen molar-refractivity contribution in [1.82, 2.24) is 9.97 Å². The SMILES string of the molecule is Nc1nc(CC2CCOCC2)cc(-c2cccc(Cl)c2)n1. The fourth-order valence-corrected chi connectivity index (χ4v) is 2.85. The van der Waals surface area contributed by atoms with Crippen LogP contribution >= 0.6 is 11.6 Å². The molecule has 0 atom stereocenters. The van der Waals surface area contributed by atoms with Crippen LogP contribution in [0.15, 0.2) is 30.3 Å². The minimum absolute atomic E-state index is 0.314. The van der Waals surface area contributed by atoms with Crippen molar-refractivity contribution in [2.45, 2.75) is 19.3 Å². The Morgan fingerprint density at radius 1 is 1.19 bits per heavy atom. The number of nitrogen functional groups attached to an aromatic ring is 1. The number of halogens is 1. The van der Waals surface area contributed by atoms with E-state index in [9.17, 15) is 0 Å². The number of benzene rings is 1. The molecule has 0 saturated carbocycles. The summed E-state index contributed by atoms with van der Waals surface area (Å²) in [5, 5.41) is 0.690. The van der Waals surface area contributed by atoms with Crippen molar-refractivity contribution in [3.05, 3.63) is 41.0 Å². The van der Waals surface area contributed by atoms with Crippen molar-refractivity contribution in [1.29, 1.82) is 0 Å². The molecule has 5 heteroatoms. The largest absolute Gasteiger partial charge is 0.381 e. The van der Waals surface area contributed by atoms with Gasteiger partial charge in [-0.25, -0.2) is 9.97 Å². The van der Waals surface area contributed by atoms with Crippen LogP contribution < -0.4 is 5.73 Å². The zero-order chi connectivity index (χ0) is 14.7. The average Bonchev–Trinajstić information content (AvgIpc) is 2.48. The third-order valence-electron chi connectivity index (χ3n) is 3.76. The molecule has 1 aliphatic heterocycles. The van der Waals surface area contributed by atoms with Crippen LogP contribution in [0.2, 0.25) is 5.02 Å². The number of ether oxygens (including phenoxy) is 1. The zero-order valence-electron chi connectivity index (χ0n) is 11.8. The highest BCUT2D eigenvalue weighted by Gasteiger charge is 2.16. The van der Waals surface area contributed by atoms with E-state index in [1.54, 1.807) is 0 Å². The summed E-state index contributed by atoms with van der Waals surface area (Å²) in [7, 11) is 0. The Morgan fingerprint density at radius 2 is 2.00 bits per heavy atom. The molecule has 0 aliphatic carbocycles. The summed E-state index contributed by atoms with van der Waals surface area (Å²) in [4.78, 5) is 8.69. The number of nitrogens with zero attached hydrogens (tertiary/aromatic N) is 2. The number of rotatable bonds is 3. The molecular formula is C16H18ClN3O. The van der Waals surface area contributed by atoms with Gasteiger partial charge in [-0.2, -0.15) is 0 Å². The van der Waals surface area contributed by atoms with Crippen molar-refractivity contribution in [2.24, 2.45) is 5.92 Å². The van der Waals surface area contributed by atoms with Gasteiger partial charge in [0.2, 0.25) is 5.95 Å². The first-order chi connectivity index (χ1) is 10.2. The molecule has 0 spiro atoms. The van der Waals surface area contributed by atoms with Crippen molar-refractivity contribution in [3.8, 4) is 11.3 Å². The highest BCUT2D eigenvalue weighted by atomic mass is 35.5. The molecule has 1 saturated heterocycles. The molecule has 1 aliphatic rings. The van der Waals surface area contributed by atoms with E-state index in [-0.39, 0.29) is 0 Å². The lowest BCUT2D eigenvalue weighted by molar-refractivity contribution is 0.0663. The molecule has 0 bridgehead atoms. The number of hydrogen-bond acceptors (Lipinski definition) is 4. The Balaban J connectivity index is 1.85. The normalized spacial score (nSPS) is 16.0. The van der Waals surface area contributed by atoms with Crippen molar-refractivity contribution in [2.75, 3.05) is 18.9 Å². The topological polar surface area (TPSA) is 61.0 Å². The molecule has 1 fully saturated rings. The maximum absolute atomic E-state index is 6.04. The van der Waals surface area contributed by atoms with Crippen molar-refractivity contribution < 1.29 is 4.74 Å². The minimum Gasteiger partial charge on any atom is -0.381 e. The van der Waals surface area contributed by atoms with E-state index in [0.29, 0.717) is 16.9 Å². The van der Waals surface area contributed by atoms with Gasteiger partial charge in [0.05, 0.1) is 5.69 Å². The maximum atomic E-state index is 6.04. The van der Waals surface area contributed by atoms with Gasteiger partial charge in [-0.15, -0.1) is 0 Å². The van der Waals surface area contributed by atoms with Crippen LogP contribution in [0.25, 0.3) is 11.3 Å². The van der Waals surface area contributed by atoms with Crippen LogP contribution in [0, 0.1) is 5.92 Å². The first kappa shape index (κ1) is 14.3. The molecule has 1 aromatic carbocycles. The van der Waals surface area contributed by atoms with Gasteiger partial charge in [-0.05, 0) is 43.4 Å². The summed E-state index contributed by atoms with van der Waals surface area (Å²) in [6, 6.07) is 9.64. The molecule has 1 aromatic heterocycles. The number of nitrogens with two attached hydrogens (primary N) is 1. The van der Waals surface area contributed by atoms with Gasteiger partial charge in [-0.3, -0.25) is 0 Å². The first-order valence-corrected chi connectivity index (χ1v) is 7.55. The zero-order valence-corrected chi connectivity index (χ0v) is 12.5. The lowest BCUT2D eigenvalue weighted by Gasteiger charge is -2.21. The van der Waals surface area contributed by atoms with E-state index >= 15 is 0 Å². The van der Waals surface area contributed by atoms with Gasteiger partial charge < -0.3 is 10.5 Å². The van der Waals surface area contributed by atoms with Gasteiger partial charge in [0.15, 0.2) is 0 Å². The molecule has 3 rings (SSSR count). The fraction of sp³-hybridized carbons (Fsp3) is 0.375. The average molecular weight is 304 g/mol. The molecule has 0 amide bonds. The summed E-state index contributed by atoms with van der Waals surface area (Å²) < 4.78 is 5.40. The standard InChI is InChI=1S/C16H18ClN3O/c17-13-3-1-2-12(9-13)15-10-14(19-16(18)20-15)8-11-4-6-21-7-5-11/h1-3,9-11H,4-8H2,(H2,18,19,20). The third kappa shape index (κ3) is 3.71. The lowest BCUT2D eigenvalue weighted by Crippen LogP contribution is -2.18.